The molecule has 3 rings (SSSR count). The largest absolute Gasteiger partial charge is 0.491 e. The highest BCUT2D eigenvalue weighted by Crippen LogP contribution is 2.21. The summed E-state index contributed by atoms with van der Waals surface area (Å²) in [4.78, 5) is 14.5. The molecule has 8 nitrogen and oxygen atoms in total. The maximum atomic E-state index is 13.0. The van der Waals surface area contributed by atoms with E-state index in [1.165, 1.54) is 10.4 Å². The summed E-state index contributed by atoms with van der Waals surface area (Å²) in [5.41, 5.74) is 1.45. The topological polar surface area (TPSA) is 91.0 Å². The van der Waals surface area contributed by atoms with Crippen molar-refractivity contribution in [2.75, 3.05) is 51.7 Å². The predicted molar refractivity (Wildman–Crippen MR) is 121 cm³/mol. The van der Waals surface area contributed by atoms with E-state index in [4.69, 9.17) is 4.74 Å². The fraction of sp³-hybridized carbons (Fsp3) is 0.409. The molecule has 0 atom stereocenters. The van der Waals surface area contributed by atoms with Crippen LogP contribution in [0.15, 0.2) is 53.4 Å². The average Bonchev–Trinajstić information content (AvgIpc) is 2.97. The van der Waals surface area contributed by atoms with Gasteiger partial charge in [0.15, 0.2) is 0 Å². The standard InChI is InChI=1S/C22H30N4O4S/c1-18-7-3-4-10-21(18)30-16-11-23-22(27)24-19-8-5-9-20(17-19)31(28,29)26-13-6-12-25(2)14-15-26/h3-5,7-10,17H,6,11-16H2,1-2H3,(H2,23,24,27). The van der Waals surface area contributed by atoms with Crippen molar-refractivity contribution in [3.8, 4) is 5.75 Å². The van der Waals surface area contributed by atoms with E-state index in [9.17, 15) is 13.2 Å². The van der Waals surface area contributed by atoms with Gasteiger partial charge in [-0.3, -0.25) is 0 Å². The summed E-state index contributed by atoms with van der Waals surface area (Å²) in [6.07, 6.45) is 0.792. The van der Waals surface area contributed by atoms with Gasteiger partial charge in [0.25, 0.3) is 0 Å². The van der Waals surface area contributed by atoms with Crippen LogP contribution in [-0.4, -0.2) is 70.0 Å². The molecule has 0 saturated carbocycles. The number of hydrogen-bond donors (Lipinski definition) is 2. The van der Waals surface area contributed by atoms with E-state index in [0.717, 1.165) is 24.3 Å². The monoisotopic (exact) mass is 446 g/mol. The molecule has 2 aromatic rings. The lowest BCUT2D eigenvalue weighted by molar-refractivity contribution is 0.247. The lowest BCUT2D eigenvalue weighted by Crippen LogP contribution is -2.34. The number of carbonyl (C=O) groups is 1. The average molecular weight is 447 g/mol. The number of aryl methyl sites for hydroxylation is 1. The molecule has 2 N–H and O–H groups in total. The molecule has 1 saturated heterocycles. The second-order valence-corrected chi connectivity index (χ2v) is 9.52. The number of ether oxygens (including phenoxy) is 1. The number of rotatable bonds is 7. The summed E-state index contributed by atoms with van der Waals surface area (Å²) in [6.45, 7) is 5.13. The van der Waals surface area contributed by atoms with Gasteiger partial charge in [0.05, 0.1) is 11.4 Å². The van der Waals surface area contributed by atoms with Crippen molar-refractivity contribution in [1.82, 2.24) is 14.5 Å². The second kappa shape index (κ2) is 10.6. The van der Waals surface area contributed by atoms with Crippen molar-refractivity contribution in [1.29, 1.82) is 0 Å². The van der Waals surface area contributed by atoms with Gasteiger partial charge < -0.3 is 20.3 Å². The highest BCUT2D eigenvalue weighted by atomic mass is 32.2. The van der Waals surface area contributed by atoms with Crippen LogP contribution in [0.3, 0.4) is 0 Å². The number of amides is 2. The minimum atomic E-state index is -3.61. The van der Waals surface area contributed by atoms with Gasteiger partial charge in [-0.25, -0.2) is 13.2 Å². The Morgan fingerprint density at radius 2 is 1.87 bits per heavy atom. The van der Waals surface area contributed by atoms with Crippen molar-refractivity contribution in [3.05, 3.63) is 54.1 Å². The van der Waals surface area contributed by atoms with Crippen LogP contribution in [0, 0.1) is 6.92 Å². The summed E-state index contributed by atoms with van der Waals surface area (Å²) in [5, 5.41) is 5.41. The van der Waals surface area contributed by atoms with Crippen LogP contribution in [0.1, 0.15) is 12.0 Å². The predicted octanol–water partition coefficient (Wildman–Crippen LogP) is 2.52. The van der Waals surface area contributed by atoms with Crippen LogP contribution in [0.5, 0.6) is 5.75 Å². The van der Waals surface area contributed by atoms with E-state index < -0.39 is 16.1 Å². The summed E-state index contributed by atoms with van der Waals surface area (Å²) >= 11 is 0. The number of carbonyl (C=O) groups excluding carboxylic acids is 1. The van der Waals surface area contributed by atoms with Crippen LogP contribution < -0.4 is 15.4 Å². The summed E-state index contributed by atoms with van der Waals surface area (Å²) in [6, 6.07) is 13.6. The van der Waals surface area contributed by atoms with Crippen molar-refractivity contribution >= 4 is 21.7 Å². The smallest absolute Gasteiger partial charge is 0.319 e. The number of benzene rings is 2. The molecular formula is C22H30N4O4S. The Balaban J connectivity index is 1.53. The number of nitrogens with one attached hydrogen (secondary N) is 2. The number of para-hydroxylation sites is 1. The number of urea groups is 1. The van der Waals surface area contributed by atoms with Gasteiger partial charge in [-0.15, -0.1) is 0 Å². The summed E-state index contributed by atoms with van der Waals surface area (Å²) < 4.78 is 33.2. The molecule has 0 aromatic heterocycles. The van der Waals surface area contributed by atoms with Crippen molar-refractivity contribution in [2.45, 2.75) is 18.2 Å². The zero-order valence-electron chi connectivity index (χ0n) is 18.0. The third-order valence-electron chi connectivity index (χ3n) is 5.15. The molecular weight excluding hydrogens is 416 g/mol. The minimum absolute atomic E-state index is 0.178. The molecule has 0 spiro atoms. The van der Waals surface area contributed by atoms with Crippen LogP contribution in [0.4, 0.5) is 10.5 Å². The summed E-state index contributed by atoms with van der Waals surface area (Å²) in [5.74, 6) is 0.780. The van der Waals surface area contributed by atoms with E-state index in [1.807, 2.05) is 38.2 Å². The number of nitrogens with zero attached hydrogens (tertiary/aromatic N) is 2. The fourth-order valence-electron chi connectivity index (χ4n) is 3.37. The van der Waals surface area contributed by atoms with Gasteiger partial charge in [0.2, 0.25) is 10.0 Å². The molecule has 168 valence electrons. The van der Waals surface area contributed by atoms with E-state index in [1.54, 1.807) is 18.2 Å². The van der Waals surface area contributed by atoms with Crippen molar-refractivity contribution in [3.63, 3.8) is 0 Å². The minimum Gasteiger partial charge on any atom is -0.491 e. The van der Waals surface area contributed by atoms with E-state index in [2.05, 4.69) is 15.5 Å². The highest BCUT2D eigenvalue weighted by molar-refractivity contribution is 7.89. The van der Waals surface area contributed by atoms with Crippen LogP contribution >= 0.6 is 0 Å². The SMILES string of the molecule is Cc1ccccc1OCCNC(=O)Nc1cccc(S(=O)(=O)N2CCCN(C)CC2)c1. The van der Waals surface area contributed by atoms with Crippen LogP contribution in [0.25, 0.3) is 0 Å². The Bertz CT molecular complexity index is 997. The Labute approximate surface area is 184 Å². The van der Waals surface area contributed by atoms with E-state index in [0.29, 0.717) is 38.5 Å². The number of sulfonamides is 1. The molecule has 0 radical (unpaired) electrons. The Morgan fingerprint density at radius 3 is 2.68 bits per heavy atom. The first kappa shape index (κ1) is 23.1. The molecule has 0 aliphatic carbocycles. The molecule has 1 aliphatic rings. The number of hydrogen-bond acceptors (Lipinski definition) is 5. The first-order chi connectivity index (χ1) is 14.9. The van der Waals surface area contributed by atoms with Gasteiger partial charge in [-0.2, -0.15) is 4.31 Å². The van der Waals surface area contributed by atoms with Gasteiger partial charge in [0.1, 0.15) is 12.4 Å². The molecule has 9 heteroatoms. The zero-order valence-corrected chi connectivity index (χ0v) is 18.8. The van der Waals surface area contributed by atoms with Gasteiger partial charge in [-0.1, -0.05) is 24.3 Å². The van der Waals surface area contributed by atoms with Gasteiger partial charge >= 0.3 is 6.03 Å². The number of anilines is 1. The molecule has 1 heterocycles. The summed E-state index contributed by atoms with van der Waals surface area (Å²) in [7, 11) is -1.62. The molecule has 2 aromatic carbocycles. The molecule has 2 amide bonds. The third kappa shape index (κ3) is 6.43. The second-order valence-electron chi connectivity index (χ2n) is 7.58. The first-order valence-electron chi connectivity index (χ1n) is 10.4. The van der Waals surface area contributed by atoms with E-state index in [-0.39, 0.29) is 4.90 Å². The van der Waals surface area contributed by atoms with Gasteiger partial charge in [-0.05, 0) is 56.8 Å². The Morgan fingerprint density at radius 1 is 1.06 bits per heavy atom. The molecule has 0 unspecified atom stereocenters. The lowest BCUT2D eigenvalue weighted by Gasteiger charge is -2.20. The normalized spacial score (nSPS) is 15.8. The fourth-order valence-corrected chi connectivity index (χ4v) is 4.88. The maximum absolute atomic E-state index is 13.0. The number of likely N-dealkylation sites (N-methyl/N-ethyl adjacent to an activating group) is 1. The third-order valence-corrected chi connectivity index (χ3v) is 7.04. The molecule has 1 aliphatic heterocycles. The van der Waals surface area contributed by atoms with Crippen molar-refractivity contribution in [2.24, 2.45) is 0 Å². The van der Waals surface area contributed by atoms with E-state index >= 15 is 0 Å². The van der Waals surface area contributed by atoms with Crippen LogP contribution in [0.2, 0.25) is 0 Å². The molecule has 31 heavy (non-hydrogen) atoms. The van der Waals surface area contributed by atoms with Gasteiger partial charge in [0, 0.05) is 25.3 Å². The van der Waals surface area contributed by atoms with Crippen LogP contribution in [-0.2, 0) is 10.0 Å². The lowest BCUT2D eigenvalue weighted by atomic mass is 10.2. The molecule has 0 bridgehead atoms. The quantitative estimate of drug-likeness (QED) is 0.638. The Kier molecular flexibility index (Phi) is 7.89. The maximum Gasteiger partial charge on any atom is 0.319 e. The zero-order chi connectivity index (χ0) is 22.3. The Hall–Kier alpha value is -2.62. The molecule has 1 fully saturated rings. The first-order valence-corrected chi connectivity index (χ1v) is 11.8. The van der Waals surface area contributed by atoms with Crippen molar-refractivity contribution < 1.29 is 17.9 Å². The highest BCUT2D eigenvalue weighted by Gasteiger charge is 2.26.